The van der Waals surface area contributed by atoms with E-state index >= 15 is 0 Å². The molecule has 0 unspecified atom stereocenters. The molecule has 2 aromatic heterocycles. The SMILES string of the molecule is O=C(Nc1nnc(-c2ccco2)o1)c1ccc2c(c1)OCCO2. The van der Waals surface area contributed by atoms with Gasteiger partial charge in [-0.3, -0.25) is 10.1 Å². The van der Waals surface area contributed by atoms with Gasteiger partial charge in [-0.05, 0) is 30.3 Å². The predicted octanol–water partition coefficient (Wildman–Crippen LogP) is 2.35. The van der Waals surface area contributed by atoms with Crippen molar-refractivity contribution in [2.24, 2.45) is 0 Å². The molecule has 1 amide bonds. The van der Waals surface area contributed by atoms with E-state index < -0.39 is 5.91 Å². The summed E-state index contributed by atoms with van der Waals surface area (Å²) in [4.78, 5) is 12.2. The van der Waals surface area contributed by atoms with Crippen molar-refractivity contribution in [2.45, 2.75) is 0 Å². The average molecular weight is 313 g/mol. The van der Waals surface area contributed by atoms with Gasteiger partial charge in [-0.25, -0.2) is 0 Å². The summed E-state index contributed by atoms with van der Waals surface area (Å²) >= 11 is 0. The van der Waals surface area contributed by atoms with Crippen LogP contribution in [0.5, 0.6) is 11.5 Å². The second kappa shape index (κ2) is 5.48. The zero-order valence-corrected chi connectivity index (χ0v) is 11.8. The van der Waals surface area contributed by atoms with Gasteiger partial charge in [0.15, 0.2) is 17.3 Å². The van der Waals surface area contributed by atoms with Crippen molar-refractivity contribution in [2.75, 3.05) is 18.5 Å². The summed E-state index contributed by atoms with van der Waals surface area (Å²) in [5.41, 5.74) is 0.395. The van der Waals surface area contributed by atoms with E-state index in [-0.39, 0.29) is 11.9 Å². The highest BCUT2D eigenvalue weighted by Gasteiger charge is 2.17. The summed E-state index contributed by atoms with van der Waals surface area (Å²) in [6, 6.07) is 8.29. The number of carbonyl (C=O) groups excluding carboxylic acids is 1. The van der Waals surface area contributed by atoms with E-state index in [0.717, 1.165) is 0 Å². The molecule has 0 bridgehead atoms. The molecule has 8 heteroatoms. The quantitative estimate of drug-likeness (QED) is 0.792. The van der Waals surface area contributed by atoms with Gasteiger partial charge in [-0.1, -0.05) is 5.10 Å². The van der Waals surface area contributed by atoms with Gasteiger partial charge in [0.25, 0.3) is 11.8 Å². The maximum absolute atomic E-state index is 12.2. The van der Waals surface area contributed by atoms with Crippen LogP contribution in [0.4, 0.5) is 6.01 Å². The normalized spacial score (nSPS) is 12.9. The Kier molecular flexibility index (Phi) is 3.19. The number of nitrogens with zero attached hydrogens (tertiary/aromatic N) is 2. The Labute approximate surface area is 130 Å². The fourth-order valence-electron chi connectivity index (χ4n) is 2.13. The van der Waals surface area contributed by atoms with E-state index in [0.29, 0.717) is 36.0 Å². The zero-order chi connectivity index (χ0) is 15.6. The minimum absolute atomic E-state index is 0.0173. The fraction of sp³-hybridized carbons (Fsp3) is 0.133. The highest BCUT2D eigenvalue weighted by atomic mass is 16.6. The highest BCUT2D eigenvalue weighted by Crippen LogP contribution is 2.31. The van der Waals surface area contributed by atoms with Gasteiger partial charge < -0.3 is 18.3 Å². The Morgan fingerprint density at radius 1 is 1.09 bits per heavy atom. The van der Waals surface area contributed by atoms with Crippen LogP contribution in [-0.4, -0.2) is 29.3 Å². The lowest BCUT2D eigenvalue weighted by Gasteiger charge is -2.18. The Bertz CT molecular complexity index is 841. The average Bonchev–Trinajstić information content (AvgIpc) is 3.25. The summed E-state index contributed by atoms with van der Waals surface area (Å²) in [6.45, 7) is 0.949. The standard InChI is InChI=1S/C15H11N3O5/c19-13(9-3-4-10-12(8-9)22-7-6-21-10)16-15-18-17-14(23-15)11-2-1-5-20-11/h1-5,8H,6-7H2,(H,16,18,19). The Hall–Kier alpha value is -3.29. The number of anilines is 1. The molecule has 23 heavy (non-hydrogen) atoms. The number of hydrogen-bond acceptors (Lipinski definition) is 7. The van der Waals surface area contributed by atoms with Gasteiger partial charge in [0.2, 0.25) is 0 Å². The smallest absolute Gasteiger partial charge is 0.322 e. The Morgan fingerprint density at radius 2 is 1.96 bits per heavy atom. The van der Waals surface area contributed by atoms with E-state index in [9.17, 15) is 4.79 Å². The van der Waals surface area contributed by atoms with E-state index in [1.54, 1.807) is 30.3 Å². The van der Waals surface area contributed by atoms with E-state index in [4.69, 9.17) is 18.3 Å². The molecule has 0 spiro atoms. The third kappa shape index (κ3) is 2.61. The highest BCUT2D eigenvalue weighted by molar-refractivity contribution is 6.03. The molecule has 4 rings (SSSR count). The molecule has 0 fully saturated rings. The molecule has 1 aliphatic heterocycles. The van der Waals surface area contributed by atoms with Crippen molar-refractivity contribution < 1.29 is 23.1 Å². The number of fused-ring (bicyclic) bond motifs is 1. The number of furan rings is 1. The van der Waals surface area contributed by atoms with Gasteiger partial charge in [0.05, 0.1) is 6.26 Å². The maximum Gasteiger partial charge on any atom is 0.322 e. The van der Waals surface area contributed by atoms with Gasteiger partial charge in [-0.2, -0.15) is 0 Å². The molecule has 1 N–H and O–H groups in total. The molecule has 116 valence electrons. The largest absolute Gasteiger partial charge is 0.486 e. The van der Waals surface area contributed by atoms with Crippen LogP contribution in [0.25, 0.3) is 11.7 Å². The minimum atomic E-state index is -0.392. The van der Waals surface area contributed by atoms with Crippen molar-refractivity contribution in [1.29, 1.82) is 0 Å². The second-order valence-electron chi connectivity index (χ2n) is 4.70. The molecule has 0 saturated carbocycles. The summed E-state index contributed by atoms with van der Waals surface area (Å²) in [5.74, 6) is 1.37. The molecule has 3 heterocycles. The molecule has 1 aromatic carbocycles. The predicted molar refractivity (Wildman–Crippen MR) is 77.4 cm³/mol. The lowest BCUT2D eigenvalue weighted by Crippen LogP contribution is -2.17. The van der Waals surface area contributed by atoms with Crippen molar-refractivity contribution >= 4 is 11.9 Å². The van der Waals surface area contributed by atoms with Crippen LogP contribution in [0.15, 0.2) is 45.4 Å². The van der Waals surface area contributed by atoms with Crippen LogP contribution >= 0.6 is 0 Å². The first kappa shape index (κ1) is 13.4. The molecule has 3 aromatic rings. The van der Waals surface area contributed by atoms with Gasteiger partial charge in [0, 0.05) is 5.56 Å². The molecule has 1 aliphatic rings. The first-order valence-electron chi connectivity index (χ1n) is 6.88. The summed E-state index contributed by atoms with van der Waals surface area (Å²) in [5, 5.41) is 10.1. The number of benzene rings is 1. The maximum atomic E-state index is 12.2. The van der Waals surface area contributed by atoms with Gasteiger partial charge >= 0.3 is 6.01 Å². The first-order chi connectivity index (χ1) is 11.3. The molecular weight excluding hydrogens is 302 g/mol. The molecule has 0 saturated heterocycles. The monoisotopic (exact) mass is 313 g/mol. The summed E-state index contributed by atoms with van der Waals surface area (Å²) in [7, 11) is 0. The van der Waals surface area contributed by atoms with E-state index in [2.05, 4.69) is 15.5 Å². The molecule has 0 radical (unpaired) electrons. The number of rotatable bonds is 3. The first-order valence-corrected chi connectivity index (χ1v) is 6.88. The number of nitrogens with one attached hydrogen (secondary N) is 1. The van der Waals surface area contributed by atoms with Crippen LogP contribution in [0.1, 0.15) is 10.4 Å². The van der Waals surface area contributed by atoms with Crippen LogP contribution in [0, 0.1) is 0 Å². The molecule has 0 aliphatic carbocycles. The van der Waals surface area contributed by atoms with E-state index in [1.165, 1.54) is 6.26 Å². The summed E-state index contributed by atoms with van der Waals surface area (Å²) < 4.78 is 21.3. The van der Waals surface area contributed by atoms with Crippen molar-refractivity contribution in [3.8, 4) is 23.1 Å². The number of hydrogen-bond donors (Lipinski definition) is 1. The van der Waals surface area contributed by atoms with Crippen LogP contribution in [0.2, 0.25) is 0 Å². The Balaban J connectivity index is 1.52. The topological polar surface area (TPSA) is 99.6 Å². The van der Waals surface area contributed by atoms with Gasteiger partial charge in [0.1, 0.15) is 13.2 Å². The summed E-state index contributed by atoms with van der Waals surface area (Å²) in [6.07, 6.45) is 1.49. The number of ether oxygens (including phenoxy) is 2. The number of aromatic nitrogens is 2. The van der Waals surface area contributed by atoms with Crippen LogP contribution in [-0.2, 0) is 0 Å². The van der Waals surface area contributed by atoms with Crippen molar-refractivity contribution in [1.82, 2.24) is 10.2 Å². The number of carbonyl (C=O) groups is 1. The minimum Gasteiger partial charge on any atom is -0.486 e. The van der Waals surface area contributed by atoms with Gasteiger partial charge in [-0.15, -0.1) is 5.10 Å². The number of amides is 1. The van der Waals surface area contributed by atoms with Crippen molar-refractivity contribution in [3.05, 3.63) is 42.2 Å². The van der Waals surface area contributed by atoms with Crippen LogP contribution < -0.4 is 14.8 Å². The second-order valence-corrected chi connectivity index (χ2v) is 4.70. The Morgan fingerprint density at radius 3 is 2.78 bits per heavy atom. The lowest BCUT2D eigenvalue weighted by atomic mass is 10.2. The molecule has 0 atom stereocenters. The molecule has 8 nitrogen and oxygen atoms in total. The molecular formula is C15H11N3O5. The fourth-order valence-corrected chi connectivity index (χ4v) is 2.13. The third-order valence-electron chi connectivity index (χ3n) is 3.18. The third-order valence-corrected chi connectivity index (χ3v) is 3.18. The van der Waals surface area contributed by atoms with Crippen LogP contribution in [0.3, 0.4) is 0 Å². The van der Waals surface area contributed by atoms with E-state index in [1.807, 2.05) is 0 Å². The lowest BCUT2D eigenvalue weighted by molar-refractivity contribution is 0.102. The zero-order valence-electron chi connectivity index (χ0n) is 11.8. The van der Waals surface area contributed by atoms with Crippen molar-refractivity contribution in [3.63, 3.8) is 0 Å².